The maximum absolute atomic E-state index is 13.0. The van der Waals surface area contributed by atoms with Gasteiger partial charge in [0.15, 0.2) is 4.21 Å². The van der Waals surface area contributed by atoms with Gasteiger partial charge in [-0.25, -0.2) is 12.8 Å². The van der Waals surface area contributed by atoms with Gasteiger partial charge in [-0.1, -0.05) is 11.3 Å². The van der Waals surface area contributed by atoms with Gasteiger partial charge in [0.1, 0.15) is 11.5 Å². The van der Waals surface area contributed by atoms with E-state index in [1.54, 1.807) is 0 Å². The van der Waals surface area contributed by atoms with Gasteiger partial charge in [-0.2, -0.15) is 0 Å². The number of hydrogen-bond acceptors (Lipinski definition) is 6. The highest BCUT2D eigenvalue weighted by atomic mass is 32.2. The van der Waals surface area contributed by atoms with E-state index in [9.17, 15) is 27.7 Å². The summed E-state index contributed by atoms with van der Waals surface area (Å²) in [4.78, 5) is 22.8. The first-order valence-corrected chi connectivity index (χ1v) is 7.67. The Morgan fingerprint density at radius 2 is 2.10 bits per heavy atom. The molecule has 0 spiro atoms. The summed E-state index contributed by atoms with van der Waals surface area (Å²) >= 11 is 0.452. The molecule has 0 fully saturated rings. The van der Waals surface area contributed by atoms with Crippen LogP contribution in [0.4, 0.5) is 15.8 Å². The number of nitrogens with zero attached hydrogens (tertiary/aromatic N) is 1. The molecule has 0 radical (unpaired) electrons. The largest absolute Gasteiger partial charge is 0.315 e. The number of benzene rings is 1. The number of aromatic amines is 1. The van der Waals surface area contributed by atoms with Crippen LogP contribution in [-0.4, -0.2) is 18.3 Å². The van der Waals surface area contributed by atoms with Crippen molar-refractivity contribution < 1.29 is 17.7 Å². The summed E-state index contributed by atoms with van der Waals surface area (Å²) in [6.45, 7) is 1.38. The molecular formula is C10H8FN3O5S2. The average molecular weight is 333 g/mol. The molecular weight excluding hydrogens is 325 g/mol. The van der Waals surface area contributed by atoms with E-state index >= 15 is 0 Å². The number of rotatable bonds is 4. The number of sulfonamides is 1. The van der Waals surface area contributed by atoms with E-state index < -0.39 is 31.3 Å². The molecule has 2 aromatic rings. The van der Waals surface area contributed by atoms with Crippen LogP contribution >= 0.6 is 11.3 Å². The molecule has 0 amide bonds. The number of H-pyrrole nitrogens is 1. The van der Waals surface area contributed by atoms with Gasteiger partial charge in [0, 0.05) is 5.69 Å². The van der Waals surface area contributed by atoms with Crippen molar-refractivity contribution in [2.24, 2.45) is 0 Å². The fourth-order valence-corrected chi connectivity index (χ4v) is 3.96. The number of nitrogens with one attached hydrogen (secondary N) is 2. The highest BCUT2D eigenvalue weighted by molar-refractivity contribution is 7.94. The molecule has 2 N–H and O–H groups in total. The monoisotopic (exact) mass is 333 g/mol. The lowest BCUT2D eigenvalue weighted by molar-refractivity contribution is -0.384. The topological polar surface area (TPSA) is 122 Å². The van der Waals surface area contributed by atoms with E-state index in [0.29, 0.717) is 17.4 Å². The van der Waals surface area contributed by atoms with Crippen LogP contribution in [0.5, 0.6) is 0 Å². The van der Waals surface area contributed by atoms with Crippen LogP contribution in [0.3, 0.4) is 0 Å². The lowest BCUT2D eigenvalue weighted by Crippen LogP contribution is -2.14. The molecule has 11 heteroatoms. The highest BCUT2D eigenvalue weighted by Crippen LogP contribution is 2.28. The molecule has 0 aliphatic heterocycles. The second kappa shape index (κ2) is 5.26. The number of aromatic nitrogens is 1. The van der Waals surface area contributed by atoms with E-state index in [2.05, 4.69) is 4.98 Å². The number of aryl methyl sites for hydroxylation is 1. The quantitative estimate of drug-likeness (QED) is 0.650. The van der Waals surface area contributed by atoms with E-state index in [1.807, 2.05) is 4.72 Å². The number of halogens is 1. The van der Waals surface area contributed by atoms with Crippen molar-refractivity contribution in [2.45, 2.75) is 11.1 Å². The molecule has 0 unspecified atom stereocenters. The molecule has 0 bridgehead atoms. The maximum Gasteiger partial charge on any atom is 0.306 e. The third kappa shape index (κ3) is 3.08. The number of nitro groups is 1. The van der Waals surface area contributed by atoms with Gasteiger partial charge in [0.2, 0.25) is 0 Å². The number of thiazole rings is 1. The van der Waals surface area contributed by atoms with E-state index in [1.165, 1.54) is 6.92 Å². The fraction of sp³-hybridized carbons (Fsp3) is 0.100. The average Bonchev–Trinajstić information content (AvgIpc) is 2.71. The van der Waals surface area contributed by atoms with Crippen LogP contribution < -0.4 is 9.60 Å². The Bertz CT molecular complexity index is 871. The van der Waals surface area contributed by atoms with Crippen molar-refractivity contribution in [3.05, 3.63) is 49.5 Å². The summed E-state index contributed by atoms with van der Waals surface area (Å²) in [6.07, 6.45) is 0. The van der Waals surface area contributed by atoms with Gasteiger partial charge in [0.05, 0.1) is 11.0 Å². The van der Waals surface area contributed by atoms with Crippen molar-refractivity contribution >= 4 is 32.7 Å². The molecule has 1 heterocycles. The SMILES string of the molecule is Cc1[nH]c(=O)sc1S(=O)(=O)Nc1ccc(F)cc1[N+](=O)[O-]. The zero-order chi connectivity index (χ0) is 15.8. The number of nitro benzene ring substituents is 1. The molecule has 0 atom stereocenters. The van der Waals surface area contributed by atoms with Crippen LogP contribution in [0.2, 0.25) is 0 Å². The number of hydrogen-bond donors (Lipinski definition) is 2. The first-order valence-electron chi connectivity index (χ1n) is 5.37. The molecule has 0 aliphatic rings. The second-order valence-electron chi connectivity index (χ2n) is 3.95. The summed E-state index contributed by atoms with van der Waals surface area (Å²) in [7, 11) is -4.18. The Morgan fingerprint density at radius 1 is 1.43 bits per heavy atom. The lowest BCUT2D eigenvalue weighted by Gasteiger charge is -2.07. The van der Waals surface area contributed by atoms with Crippen LogP contribution in [-0.2, 0) is 10.0 Å². The minimum atomic E-state index is -4.18. The molecule has 0 saturated heterocycles. The minimum absolute atomic E-state index is 0.113. The summed E-state index contributed by atoms with van der Waals surface area (Å²) in [5.74, 6) is -0.868. The Balaban J connectivity index is 2.49. The zero-order valence-corrected chi connectivity index (χ0v) is 12.0. The van der Waals surface area contributed by atoms with Gasteiger partial charge in [-0.05, 0) is 19.1 Å². The van der Waals surface area contributed by atoms with Gasteiger partial charge in [-0.3, -0.25) is 19.6 Å². The molecule has 0 aliphatic carbocycles. The Hall–Kier alpha value is -2.27. The lowest BCUT2D eigenvalue weighted by atomic mass is 10.3. The van der Waals surface area contributed by atoms with Gasteiger partial charge in [-0.15, -0.1) is 0 Å². The molecule has 21 heavy (non-hydrogen) atoms. The predicted molar refractivity (Wildman–Crippen MR) is 73.5 cm³/mol. The predicted octanol–water partition coefficient (Wildman–Crippen LogP) is 1.59. The molecule has 0 saturated carbocycles. The van der Waals surface area contributed by atoms with Crippen molar-refractivity contribution in [3.63, 3.8) is 0 Å². The van der Waals surface area contributed by atoms with Crippen LogP contribution in [0, 0.1) is 22.9 Å². The Labute approximate surface area is 121 Å². The summed E-state index contributed by atoms with van der Waals surface area (Å²) in [5, 5.41) is 10.8. The molecule has 2 rings (SSSR count). The zero-order valence-electron chi connectivity index (χ0n) is 10.4. The van der Waals surface area contributed by atoms with Crippen LogP contribution in [0.1, 0.15) is 5.69 Å². The normalized spacial score (nSPS) is 11.3. The fourth-order valence-electron chi connectivity index (χ4n) is 1.58. The smallest absolute Gasteiger partial charge is 0.306 e. The van der Waals surface area contributed by atoms with Gasteiger partial charge in [0.25, 0.3) is 15.7 Å². The molecule has 8 nitrogen and oxygen atoms in total. The standard InChI is InChI=1S/C10H8FN3O5S2/c1-5-9(20-10(15)12-5)21(18,19)13-7-3-2-6(11)4-8(7)14(16)17/h2-4,13H,1H3,(H,12,15). The summed E-state index contributed by atoms with van der Waals surface area (Å²) in [6, 6.07) is 2.43. The van der Waals surface area contributed by atoms with E-state index in [0.717, 1.165) is 12.1 Å². The number of anilines is 1. The first-order chi connectivity index (χ1) is 9.70. The van der Waals surface area contributed by atoms with Gasteiger partial charge >= 0.3 is 4.87 Å². The minimum Gasteiger partial charge on any atom is -0.315 e. The Kier molecular flexibility index (Phi) is 3.78. The van der Waals surface area contributed by atoms with Crippen molar-refractivity contribution in [1.82, 2.24) is 4.98 Å². The van der Waals surface area contributed by atoms with Crippen molar-refractivity contribution in [2.75, 3.05) is 4.72 Å². The summed E-state index contributed by atoms with van der Waals surface area (Å²) < 4.78 is 38.9. The van der Waals surface area contributed by atoms with Crippen LogP contribution in [0.25, 0.3) is 0 Å². The van der Waals surface area contributed by atoms with Crippen molar-refractivity contribution in [1.29, 1.82) is 0 Å². The molecule has 1 aromatic carbocycles. The maximum atomic E-state index is 13.0. The summed E-state index contributed by atoms with van der Waals surface area (Å²) in [5.41, 5.74) is -0.997. The van der Waals surface area contributed by atoms with E-state index in [4.69, 9.17) is 0 Å². The van der Waals surface area contributed by atoms with Crippen LogP contribution in [0.15, 0.2) is 27.2 Å². The molecule has 1 aromatic heterocycles. The van der Waals surface area contributed by atoms with Gasteiger partial charge < -0.3 is 4.98 Å². The third-order valence-corrected chi connectivity index (χ3v) is 5.40. The van der Waals surface area contributed by atoms with E-state index in [-0.39, 0.29) is 15.6 Å². The third-order valence-electron chi connectivity index (χ3n) is 2.43. The second-order valence-corrected chi connectivity index (χ2v) is 6.81. The molecule has 112 valence electrons. The Morgan fingerprint density at radius 3 is 2.62 bits per heavy atom. The van der Waals surface area contributed by atoms with Crippen molar-refractivity contribution in [3.8, 4) is 0 Å². The first kappa shape index (κ1) is 15.1. The highest BCUT2D eigenvalue weighted by Gasteiger charge is 2.25.